The maximum absolute atomic E-state index is 11.4. The molecule has 0 heterocycles. The second kappa shape index (κ2) is 3.68. The van der Waals surface area contributed by atoms with Crippen molar-refractivity contribution in [2.45, 2.75) is 10.3 Å². The van der Waals surface area contributed by atoms with Gasteiger partial charge in [0.1, 0.15) is 0 Å². The lowest BCUT2D eigenvalue weighted by atomic mass is 10.4. The maximum atomic E-state index is 11.4. The highest BCUT2D eigenvalue weighted by Crippen LogP contribution is 2.11. The Hall–Kier alpha value is -1.20. The summed E-state index contributed by atoms with van der Waals surface area (Å²) < 4.78 is 22.8. The van der Waals surface area contributed by atoms with Crippen molar-refractivity contribution < 1.29 is 13.2 Å². The first-order valence-electron chi connectivity index (χ1n) is 3.51. The molecule has 0 saturated heterocycles. The van der Waals surface area contributed by atoms with E-state index in [4.69, 9.17) is 5.73 Å². The van der Waals surface area contributed by atoms with Gasteiger partial charge in [-0.05, 0) is 12.1 Å². The summed E-state index contributed by atoms with van der Waals surface area (Å²) in [5.74, 6) is 0. The average molecular weight is 198 g/mol. The van der Waals surface area contributed by atoms with Crippen LogP contribution in [0.2, 0.25) is 0 Å². The fourth-order valence-corrected chi connectivity index (χ4v) is 1.78. The average Bonchev–Trinajstić information content (AvgIpc) is 2.18. The van der Waals surface area contributed by atoms with E-state index in [0.717, 1.165) is 0 Å². The van der Waals surface area contributed by atoms with Crippen molar-refractivity contribution in [2.75, 3.05) is 0 Å². The molecule has 13 heavy (non-hydrogen) atoms. The summed E-state index contributed by atoms with van der Waals surface area (Å²) in [5.41, 5.74) is 5.07. The summed E-state index contributed by atoms with van der Waals surface area (Å²) in [6.45, 7) is 0. The third-order valence-corrected chi connectivity index (χ3v) is 3.22. The van der Waals surface area contributed by atoms with Crippen LogP contribution in [0, 0.1) is 0 Å². The van der Waals surface area contributed by atoms with Gasteiger partial charge in [0.25, 0.3) is 0 Å². The van der Waals surface area contributed by atoms with Crippen LogP contribution in [0.5, 0.6) is 0 Å². The van der Waals surface area contributed by atoms with E-state index in [1.807, 2.05) is 0 Å². The highest BCUT2D eigenvalue weighted by molar-refractivity contribution is 7.92. The molecule has 0 aliphatic rings. The molecule has 1 aromatic carbocycles. The number of rotatable bonds is 3. The van der Waals surface area contributed by atoms with Crippen molar-refractivity contribution in [1.82, 2.24) is 0 Å². The molecule has 0 aliphatic heterocycles. The van der Waals surface area contributed by atoms with Crippen LogP contribution in [0.1, 0.15) is 0 Å². The van der Waals surface area contributed by atoms with Crippen LogP contribution in [0.15, 0.2) is 35.2 Å². The quantitative estimate of drug-likeness (QED) is 0.733. The zero-order chi connectivity index (χ0) is 9.90. The summed E-state index contributed by atoms with van der Waals surface area (Å²) >= 11 is 0. The van der Waals surface area contributed by atoms with Crippen molar-refractivity contribution in [3.8, 4) is 0 Å². The van der Waals surface area contributed by atoms with Gasteiger partial charge in [0, 0.05) is 0 Å². The molecule has 1 unspecified atom stereocenters. The standard InChI is InChI=1S/C8H8NO3S/c9-8(6-10)13(11,12)7-4-2-1-3-5-7/h1-5,8H,9H2. The van der Waals surface area contributed by atoms with Crippen LogP contribution in [-0.4, -0.2) is 20.1 Å². The van der Waals surface area contributed by atoms with Gasteiger partial charge in [-0.3, -0.25) is 4.79 Å². The smallest absolute Gasteiger partial charge is 0.233 e. The highest BCUT2D eigenvalue weighted by Gasteiger charge is 2.23. The number of hydrogen-bond donors (Lipinski definition) is 1. The predicted molar refractivity (Wildman–Crippen MR) is 47.3 cm³/mol. The maximum Gasteiger partial charge on any atom is 0.233 e. The lowest BCUT2D eigenvalue weighted by molar-refractivity contribution is 0.546. The minimum Gasteiger partial charge on any atom is -0.308 e. The first kappa shape index (κ1) is 9.88. The van der Waals surface area contributed by atoms with Crippen LogP contribution in [-0.2, 0) is 14.6 Å². The molecule has 0 saturated carbocycles. The first-order valence-corrected chi connectivity index (χ1v) is 5.06. The monoisotopic (exact) mass is 198 g/mol. The van der Waals surface area contributed by atoms with Gasteiger partial charge in [-0.2, -0.15) is 0 Å². The summed E-state index contributed by atoms with van der Waals surface area (Å²) in [6.07, 6.45) is 1.24. The first-order chi connectivity index (χ1) is 6.09. The summed E-state index contributed by atoms with van der Waals surface area (Å²) in [5, 5.41) is -1.60. The number of nitrogens with two attached hydrogens (primary N) is 1. The van der Waals surface area contributed by atoms with Crippen molar-refractivity contribution in [2.24, 2.45) is 5.73 Å². The van der Waals surface area contributed by atoms with Crippen LogP contribution >= 0.6 is 0 Å². The van der Waals surface area contributed by atoms with Crippen molar-refractivity contribution >= 4 is 16.1 Å². The fourth-order valence-electron chi connectivity index (χ4n) is 0.820. The third kappa shape index (κ3) is 1.93. The number of carbonyl (C=O) groups excluding carboxylic acids is 1. The van der Waals surface area contributed by atoms with Crippen LogP contribution in [0.4, 0.5) is 0 Å². The Morgan fingerprint density at radius 1 is 1.23 bits per heavy atom. The van der Waals surface area contributed by atoms with Gasteiger partial charge >= 0.3 is 0 Å². The summed E-state index contributed by atoms with van der Waals surface area (Å²) in [6, 6.07) is 7.56. The largest absolute Gasteiger partial charge is 0.308 e. The molecule has 2 N–H and O–H groups in total. The molecule has 0 aromatic heterocycles. The molecule has 0 spiro atoms. The van der Waals surface area contributed by atoms with E-state index in [2.05, 4.69) is 0 Å². The molecule has 0 bridgehead atoms. The van der Waals surface area contributed by atoms with Gasteiger partial charge in [-0.25, -0.2) is 8.42 Å². The zero-order valence-electron chi connectivity index (χ0n) is 6.67. The molecule has 69 valence electrons. The van der Waals surface area contributed by atoms with E-state index in [1.165, 1.54) is 18.4 Å². The van der Waals surface area contributed by atoms with E-state index in [-0.39, 0.29) is 4.90 Å². The Bertz CT molecular complexity index is 385. The van der Waals surface area contributed by atoms with Crippen molar-refractivity contribution in [3.63, 3.8) is 0 Å². The molecule has 1 aromatic rings. The Labute approximate surface area is 76.3 Å². The summed E-state index contributed by atoms with van der Waals surface area (Å²) in [4.78, 5) is 10.1. The van der Waals surface area contributed by atoms with Gasteiger partial charge < -0.3 is 5.73 Å². The van der Waals surface area contributed by atoms with Gasteiger partial charge in [-0.1, -0.05) is 18.2 Å². The molecule has 1 rings (SSSR count). The van der Waals surface area contributed by atoms with E-state index in [1.54, 1.807) is 18.2 Å². The van der Waals surface area contributed by atoms with Gasteiger partial charge in [-0.15, -0.1) is 0 Å². The second-order valence-corrected chi connectivity index (χ2v) is 4.47. The Balaban J connectivity index is 3.16. The molecule has 1 radical (unpaired) electrons. The highest BCUT2D eigenvalue weighted by atomic mass is 32.2. The Kier molecular flexibility index (Phi) is 2.79. The number of hydrogen-bond acceptors (Lipinski definition) is 4. The third-order valence-electron chi connectivity index (χ3n) is 1.52. The van der Waals surface area contributed by atoms with E-state index < -0.39 is 15.2 Å². The van der Waals surface area contributed by atoms with Gasteiger partial charge in [0.15, 0.2) is 5.37 Å². The lowest BCUT2D eigenvalue weighted by Gasteiger charge is -2.04. The van der Waals surface area contributed by atoms with Crippen molar-refractivity contribution in [3.05, 3.63) is 30.3 Å². The molecule has 5 heteroatoms. The lowest BCUT2D eigenvalue weighted by Crippen LogP contribution is -2.31. The normalized spacial score (nSPS) is 13.6. The number of benzene rings is 1. The molecule has 4 nitrogen and oxygen atoms in total. The topological polar surface area (TPSA) is 77.2 Å². The van der Waals surface area contributed by atoms with Crippen LogP contribution < -0.4 is 5.73 Å². The molecule has 0 amide bonds. The van der Waals surface area contributed by atoms with E-state index >= 15 is 0 Å². The molecular weight excluding hydrogens is 190 g/mol. The SMILES string of the molecule is NC([C]=O)S(=O)(=O)c1ccccc1. The molecular formula is C8H8NO3S. The van der Waals surface area contributed by atoms with E-state index in [9.17, 15) is 13.2 Å². The number of sulfone groups is 1. The molecule has 0 aliphatic carbocycles. The fraction of sp³-hybridized carbons (Fsp3) is 0.125. The zero-order valence-corrected chi connectivity index (χ0v) is 7.49. The summed E-state index contributed by atoms with van der Waals surface area (Å²) in [7, 11) is -3.73. The van der Waals surface area contributed by atoms with Crippen LogP contribution in [0.3, 0.4) is 0 Å². The van der Waals surface area contributed by atoms with Crippen molar-refractivity contribution in [1.29, 1.82) is 0 Å². The Morgan fingerprint density at radius 3 is 2.23 bits per heavy atom. The van der Waals surface area contributed by atoms with Gasteiger partial charge in [0.05, 0.1) is 4.90 Å². The Morgan fingerprint density at radius 2 is 1.77 bits per heavy atom. The minimum absolute atomic E-state index is 0.0332. The minimum atomic E-state index is -3.73. The predicted octanol–water partition coefficient (Wildman–Crippen LogP) is -0.145. The molecule has 1 atom stereocenters. The molecule has 0 fully saturated rings. The van der Waals surface area contributed by atoms with E-state index in [0.29, 0.717) is 0 Å². The van der Waals surface area contributed by atoms with Crippen LogP contribution in [0.25, 0.3) is 0 Å². The second-order valence-electron chi connectivity index (χ2n) is 2.40. The van der Waals surface area contributed by atoms with Gasteiger partial charge in [0.2, 0.25) is 16.1 Å².